The van der Waals surface area contributed by atoms with Crippen molar-refractivity contribution < 1.29 is 23.4 Å². The van der Waals surface area contributed by atoms with Crippen molar-refractivity contribution in [1.82, 2.24) is 5.32 Å². The zero-order chi connectivity index (χ0) is 15.6. The first-order chi connectivity index (χ1) is 9.88. The first-order valence-electron chi connectivity index (χ1n) is 6.55. The van der Waals surface area contributed by atoms with E-state index < -0.39 is 18.5 Å². The molecule has 21 heavy (non-hydrogen) atoms. The van der Waals surface area contributed by atoms with E-state index in [1.165, 1.54) is 19.2 Å². The predicted molar refractivity (Wildman–Crippen MR) is 72.3 cm³/mol. The van der Waals surface area contributed by atoms with Crippen LogP contribution < -0.4 is 5.32 Å². The Morgan fingerprint density at radius 3 is 2.71 bits per heavy atom. The van der Waals surface area contributed by atoms with Crippen molar-refractivity contribution in [3.8, 4) is 0 Å². The normalized spacial score (nSPS) is 21.9. The van der Waals surface area contributed by atoms with Crippen LogP contribution in [0.2, 0.25) is 0 Å². The van der Waals surface area contributed by atoms with Crippen LogP contribution in [0.25, 0.3) is 0 Å². The van der Waals surface area contributed by atoms with Crippen molar-refractivity contribution in [2.45, 2.75) is 38.3 Å². The minimum Gasteiger partial charge on any atom is -0.482 e. The molecule has 114 valence electrons. The Morgan fingerprint density at radius 1 is 1.52 bits per heavy atom. The van der Waals surface area contributed by atoms with Gasteiger partial charge in [-0.1, -0.05) is 0 Å². The molecular weight excluding hydrogens is 282 g/mol. The molecule has 3 N–H and O–H groups in total. The minimum atomic E-state index is -2.71. The lowest BCUT2D eigenvalue weighted by atomic mass is 9.99. The number of nitrogens with one attached hydrogen (secondary N) is 2. The Labute approximate surface area is 120 Å². The van der Waals surface area contributed by atoms with Crippen LogP contribution in [0.3, 0.4) is 0 Å². The van der Waals surface area contributed by atoms with Gasteiger partial charge in [-0.05, 0) is 31.9 Å². The Morgan fingerprint density at radius 2 is 2.19 bits per heavy atom. The molecule has 0 saturated heterocycles. The number of allylic oxidation sites excluding steroid dienone is 2. The molecule has 1 saturated carbocycles. The summed E-state index contributed by atoms with van der Waals surface area (Å²) in [5.41, 5.74) is 0.0882. The SMILES string of the molecule is C[C@H](OC1=CC(C(=O)O)=C/C(=C/NC2CC2)C1=N)C(F)F. The summed E-state index contributed by atoms with van der Waals surface area (Å²) in [5, 5.41) is 20.0. The van der Waals surface area contributed by atoms with E-state index in [9.17, 15) is 13.6 Å². The number of alkyl halides is 2. The van der Waals surface area contributed by atoms with E-state index in [0.29, 0.717) is 11.6 Å². The van der Waals surface area contributed by atoms with Gasteiger partial charge in [0.05, 0.1) is 5.57 Å². The van der Waals surface area contributed by atoms with Crippen LogP contribution in [0, 0.1) is 5.41 Å². The van der Waals surface area contributed by atoms with Gasteiger partial charge in [-0.25, -0.2) is 13.6 Å². The predicted octanol–water partition coefficient (Wildman–Crippen LogP) is 2.22. The van der Waals surface area contributed by atoms with Crippen molar-refractivity contribution in [3.05, 3.63) is 35.3 Å². The van der Waals surface area contributed by atoms with Gasteiger partial charge >= 0.3 is 5.97 Å². The summed E-state index contributed by atoms with van der Waals surface area (Å²) in [4.78, 5) is 11.1. The number of carboxylic acids is 1. The van der Waals surface area contributed by atoms with Crippen LogP contribution in [0.5, 0.6) is 0 Å². The third-order valence-corrected chi connectivity index (χ3v) is 3.10. The van der Waals surface area contributed by atoms with Crippen LogP contribution >= 0.6 is 0 Å². The van der Waals surface area contributed by atoms with Gasteiger partial charge in [0.2, 0.25) is 0 Å². The van der Waals surface area contributed by atoms with Gasteiger partial charge in [-0.2, -0.15) is 0 Å². The van der Waals surface area contributed by atoms with E-state index in [1.807, 2.05) is 0 Å². The summed E-state index contributed by atoms with van der Waals surface area (Å²) in [6.07, 6.45) is 1.87. The van der Waals surface area contributed by atoms with E-state index >= 15 is 0 Å². The highest BCUT2D eigenvalue weighted by Crippen LogP contribution is 2.24. The summed E-state index contributed by atoms with van der Waals surface area (Å²) >= 11 is 0. The molecule has 2 aliphatic carbocycles. The minimum absolute atomic E-state index is 0.105. The second-order valence-corrected chi connectivity index (χ2v) is 4.99. The average molecular weight is 298 g/mol. The smallest absolute Gasteiger partial charge is 0.335 e. The second-order valence-electron chi connectivity index (χ2n) is 4.99. The fourth-order valence-corrected chi connectivity index (χ4v) is 1.68. The standard InChI is InChI=1S/C14H16F2N2O3/c1-7(13(15)16)21-11-5-8(14(19)20)4-9(12(11)17)6-18-10-2-3-10/h4-7,10,13,17-18H,2-3H2,1H3,(H,19,20)/b9-6-,17-12?/t7-/m0/s1. The molecule has 0 amide bonds. The highest BCUT2D eigenvalue weighted by molar-refractivity contribution is 6.14. The number of carboxylic acid groups (broad SMARTS) is 1. The summed E-state index contributed by atoms with van der Waals surface area (Å²) in [7, 11) is 0. The third kappa shape index (κ3) is 3.90. The molecule has 0 spiro atoms. The molecule has 0 aromatic rings. The molecule has 0 aliphatic heterocycles. The van der Waals surface area contributed by atoms with Crippen LogP contribution in [0.4, 0.5) is 8.78 Å². The Kier molecular flexibility index (Phi) is 4.40. The number of rotatable bonds is 6. The molecule has 1 atom stereocenters. The maximum Gasteiger partial charge on any atom is 0.335 e. The Hall–Kier alpha value is -2.18. The Balaban J connectivity index is 2.21. The van der Waals surface area contributed by atoms with Crippen LogP contribution in [-0.2, 0) is 9.53 Å². The highest BCUT2D eigenvalue weighted by atomic mass is 19.3. The molecular formula is C14H16F2N2O3. The molecule has 0 unspecified atom stereocenters. The van der Waals surface area contributed by atoms with Crippen molar-refractivity contribution in [3.63, 3.8) is 0 Å². The van der Waals surface area contributed by atoms with Crippen LogP contribution in [0.1, 0.15) is 19.8 Å². The summed E-state index contributed by atoms with van der Waals surface area (Å²) in [6.45, 7) is 1.17. The molecule has 0 radical (unpaired) electrons. The lowest BCUT2D eigenvalue weighted by Gasteiger charge is -2.20. The number of halogens is 2. The average Bonchev–Trinajstić information content (AvgIpc) is 3.23. The number of ether oxygens (including phenoxy) is 1. The van der Waals surface area contributed by atoms with Gasteiger partial charge < -0.3 is 15.2 Å². The maximum absolute atomic E-state index is 12.5. The van der Waals surface area contributed by atoms with E-state index in [2.05, 4.69) is 5.32 Å². The number of aliphatic carboxylic acids is 1. The van der Waals surface area contributed by atoms with Crippen LogP contribution in [-0.4, -0.2) is 35.4 Å². The topological polar surface area (TPSA) is 82.4 Å². The largest absolute Gasteiger partial charge is 0.482 e. The number of hydrogen-bond acceptors (Lipinski definition) is 4. The molecule has 7 heteroatoms. The highest BCUT2D eigenvalue weighted by Gasteiger charge is 2.26. The van der Waals surface area contributed by atoms with E-state index in [4.69, 9.17) is 15.3 Å². The molecule has 1 fully saturated rings. The molecule has 0 aromatic carbocycles. The van der Waals surface area contributed by atoms with Gasteiger partial charge in [-0.3, -0.25) is 5.41 Å². The molecule has 0 aromatic heterocycles. The molecule has 5 nitrogen and oxygen atoms in total. The van der Waals surface area contributed by atoms with Gasteiger partial charge in [0.1, 0.15) is 11.5 Å². The van der Waals surface area contributed by atoms with Crippen LogP contribution in [0.15, 0.2) is 35.3 Å². The van der Waals surface area contributed by atoms with Gasteiger partial charge in [0.15, 0.2) is 6.10 Å². The lowest BCUT2D eigenvalue weighted by Crippen LogP contribution is -2.24. The summed E-state index contributed by atoms with van der Waals surface area (Å²) in [6, 6.07) is 0.335. The quantitative estimate of drug-likeness (QED) is 0.702. The van der Waals surface area contributed by atoms with Crippen molar-refractivity contribution in [2.75, 3.05) is 0 Å². The molecule has 2 aliphatic rings. The van der Waals surface area contributed by atoms with E-state index in [0.717, 1.165) is 18.9 Å². The van der Waals surface area contributed by atoms with E-state index in [1.54, 1.807) is 0 Å². The monoisotopic (exact) mass is 298 g/mol. The summed E-state index contributed by atoms with van der Waals surface area (Å²) < 4.78 is 30.1. The van der Waals surface area contributed by atoms with Gasteiger partial charge in [0.25, 0.3) is 6.43 Å². The fourth-order valence-electron chi connectivity index (χ4n) is 1.68. The van der Waals surface area contributed by atoms with Crippen molar-refractivity contribution in [1.29, 1.82) is 5.41 Å². The zero-order valence-electron chi connectivity index (χ0n) is 11.4. The van der Waals surface area contributed by atoms with Gasteiger partial charge in [0, 0.05) is 17.8 Å². The summed E-state index contributed by atoms with van der Waals surface area (Å²) in [5.74, 6) is -1.36. The second kappa shape index (κ2) is 6.07. The molecule has 0 bridgehead atoms. The first kappa shape index (κ1) is 15.2. The lowest BCUT2D eigenvalue weighted by molar-refractivity contribution is -0.132. The third-order valence-electron chi connectivity index (χ3n) is 3.10. The molecule has 2 rings (SSSR count). The number of hydrogen-bond donors (Lipinski definition) is 3. The van der Waals surface area contributed by atoms with Crippen molar-refractivity contribution >= 4 is 11.7 Å². The maximum atomic E-state index is 12.5. The van der Waals surface area contributed by atoms with Crippen molar-refractivity contribution in [2.24, 2.45) is 0 Å². The fraction of sp³-hybridized carbons (Fsp3) is 0.429. The first-order valence-corrected chi connectivity index (χ1v) is 6.55. The van der Waals surface area contributed by atoms with Gasteiger partial charge in [-0.15, -0.1) is 0 Å². The Bertz CT molecular complexity index is 548. The number of carbonyl (C=O) groups is 1. The molecule has 0 heterocycles. The van der Waals surface area contributed by atoms with E-state index in [-0.39, 0.29) is 17.0 Å². The zero-order valence-corrected chi connectivity index (χ0v) is 11.4.